The van der Waals surface area contributed by atoms with Crippen LogP contribution in [0, 0.1) is 5.92 Å². The maximum absolute atomic E-state index is 13.5. The van der Waals surface area contributed by atoms with Crippen LogP contribution in [0.3, 0.4) is 0 Å². The minimum Gasteiger partial charge on any atom is -0.480 e. The molecule has 2 aromatic rings. The minimum atomic E-state index is -1.18. The van der Waals surface area contributed by atoms with E-state index in [2.05, 4.69) is 20.9 Å². The number of primary amides is 1. The molecule has 1 aromatic heterocycles. The zero-order chi connectivity index (χ0) is 31.7. The molecule has 5 amide bonds. The van der Waals surface area contributed by atoms with E-state index in [4.69, 9.17) is 11.5 Å². The van der Waals surface area contributed by atoms with Crippen molar-refractivity contribution in [3.05, 3.63) is 36.0 Å². The highest BCUT2D eigenvalue weighted by atomic mass is 16.4. The van der Waals surface area contributed by atoms with Crippen LogP contribution >= 0.6 is 0 Å². The average Bonchev–Trinajstić information content (AvgIpc) is 3.61. The molecule has 1 aliphatic rings. The first-order valence-corrected chi connectivity index (χ1v) is 14.4. The van der Waals surface area contributed by atoms with E-state index in [-0.39, 0.29) is 38.1 Å². The summed E-state index contributed by atoms with van der Waals surface area (Å²) in [7, 11) is 0. The molecular formula is C29H41N7O7. The van der Waals surface area contributed by atoms with Gasteiger partial charge >= 0.3 is 5.97 Å². The van der Waals surface area contributed by atoms with Gasteiger partial charge in [0.2, 0.25) is 29.5 Å². The Bertz CT molecular complexity index is 1340. The van der Waals surface area contributed by atoms with Gasteiger partial charge in [-0.3, -0.25) is 24.0 Å². The Morgan fingerprint density at radius 2 is 1.79 bits per heavy atom. The molecule has 14 nitrogen and oxygen atoms in total. The first-order valence-electron chi connectivity index (χ1n) is 14.4. The number of aromatic nitrogens is 1. The third-order valence-corrected chi connectivity index (χ3v) is 7.38. The van der Waals surface area contributed by atoms with Crippen LogP contribution in [0.4, 0.5) is 0 Å². The van der Waals surface area contributed by atoms with Crippen LogP contribution in [0.5, 0.6) is 0 Å². The number of hydrogen-bond donors (Lipinski definition) is 7. The fraction of sp³-hybridized carbons (Fsp3) is 0.517. The van der Waals surface area contributed by atoms with Crippen LogP contribution in [0.15, 0.2) is 30.5 Å². The number of para-hydroxylation sites is 1. The van der Waals surface area contributed by atoms with Gasteiger partial charge in [-0.25, -0.2) is 4.79 Å². The van der Waals surface area contributed by atoms with E-state index in [9.17, 15) is 33.9 Å². The number of benzene rings is 1. The molecule has 0 aliphatic carbocycles. The molecule has 0 bridgehead atoms. The lowest BCUT2D eigenvalue weighted by Crippen LogP contribution is -2.56. The number of rotatable bonds is 15. The molecule has 43 heavy (non-hydrogen) atoms. The number of nitrogens with zero attached hydrogens (tertiary/aromatic N) is 1. The van der Waals surface area contributed by atoms with E-state index in [1.165, 1.54) is 4.90 Å². The molecule has 4 atom stereocenters. The van der Waals surface area contributed by atoms with E-state index >= 15 is 0 Å². The van der Waals surface area contributed by atoms with Crippen molar-refractivity contribution in [1.82, 2.24) is 25.8 Å². The maximum atomic E-state index is 13.5. The van der Waals surface area contributed by atoms with Gasteiger partial charge in [-0.2, -0.15) is 0 Å². The summed E-state index contributed by atoms with van der Waals surface area (Å²) in [4.78, 5) is 79.4. The van der Waals surface area contributed by atoms with E-state index in [0.29, 0.717) is 12.8 Å². The Morgan fingerprint density at radius 3 is 2.47 bits per heavy atom. The second-order valence-electron chi connectivity index (χ2n) is 11.2. The lowest BCUT2D eigenvalue weighted by molar-refractivity contribution is -0.143. The third-order valence-electron chi connectivity index (χ3n) is 7.38. The summed E-state index contributed by atoms with van der Waals surface area (Å²) < 4.78 is 0. The molecule has 2 heterocycles. The molecule has 1 saturated heterocycles. The van der Waals surface area contributed by atoms with Crippen LogP contribution in [-0.4, -0.2) is 87.8 Å². The molecule has 0 saturated carbocycles. The van der Waals surface area contributed by atoms with E-state index < -0.39 is 66.2 Å². The predicted molar refractivity (Wildman–Crippen MR) is 157 cm³/mol. The van der Waals surface area contributed by atoms with E-state index in [0.717, 1.165) is 16.5 Å². The zero-order valence-electron chi connectivity index (χ0n) is 24.4. The lowest BCUT2D eigenvalue weighted by Gasteiger charge is -2.27. The molecule has 0 unspecified atom stereocenters. The first kappa shape index (κ1) is 33.0. The van der Waals surface area contributed by atoms with Crippen molar-refractivity contribution >= 4 is 46.4 Å². The Kier molecular flexibility index (Phi) is 11.6. The summed E-state index contributed by atoms with van der Waals surface area (Å²) >= 11 is 0. The summed E-state index contributed by atoms with van der Waals surface area (Å²) in [5, 5.41) is 18.3. The van der Waals surface area contributed by atoms with Crippen LogP contribution in [0.25, 0.3) is 10.9 Å². The minimum absolute atomic E-state index is 0.000637. The number of amides is 5. The van der Waals surface area contributed by atoms with Gasteiger partial charge < -0.3 is 42.4 Å². The summed E-state index contributed by atoms with van der Waals surface area (Å²) in [6.07, 6.45) is 2.86. The third kappa shape index (κ3) is 9.26. The van der Waals surface area contributed by atoms with Crippen molar-refractivity contribution in [3.63, 3.8) is 0 Å². The van der Waals surface area contributed by atoms with Gasteiger partial charge in [0.05, 0.1) is 12.6 Å². The molecule has 14 heteroatoms. The average molecular weight is 600 g/mol. The molecule has 3 rings (SSSR count). The van der Waals surface area contributed by atoms with Gasteiger partial charge in [-0.15, -0.1) is 0 Å². The highest BCUT2D eigenvalue weighted by Crippen LogP contribution is 2.21. The molecule has 0 spiro atoms. The topological polar surface area (TPSA) is 230 Å². The van der Waals surface area contributed by atoms with Crippen molar-refractivity contribution in [2.45, 2.75) is 76.5 Å². The quantitative estimate of drug-likeness (QED) is 0.141. The Morgan fingerprint density at radius 1 is 1.07 bits per heavy atom. The van der Waals surface area contributed by atoms with Crippen LogP contribution in [0.2, 0.25) is 0 Å². The number of nitrogens with one attached hydrogen (secondary N) is 4. The van der Waals surface area contributed by atoms with E-state index in [1.807, 2.05) is 38.1 Å². The van der Waals surface area contributed by atoms with Crippen LogP contribution in [0.1, 0.15) is 51.5 Å². The number of nitrogens with two attached hydrogens (primary N) is 2. The largest absolute Gasteiger partial charge is 0.480 e. The van der Waals surface area contributed by atoms with Gasteiger partial charge in [0.25, 0.3) is 0 Å². The van der Waals surface area contributed by atoms with Crippen molar-refractivity contribution in [3.8, 4) is 0 Å². The predicted octanol–water partition coefficient (Wildman–Crippen LogP) is -0.489. The number of likely N-dealkylation sites (tertiary alicyclic amines) is 1. The van der Waals surface area contributed by atoms with Gasteiger partial charge in [0, 0.05) is 36.5 Å². The van der Waals surface area contributed by atoms with Gasteiger partial charge in [-0.1, -0.05) is 32.0 Å². The highest BCUT2D eigenvalue weighted by Gasteiger charge is 2.37. The summed E-state index contributed by atoms with van der Waals surface area (Å²) in [6, 6.07) is 3.29. The lowest BCUT2D eigenvalue weighted by atomic mass is 10.0. The monoisotopic (exact) mass is 599 g/mol. The molecular weight excluding hydrogens is 558 g/mol. The maximum Gasteiger partial charge on any atom is 0.326 e. The Labute approximate surface area is 249 Å². The highest BCUT2D eigenvalue weighted by molar-refractivity contribution is 5.95. The number of carboxylic acid groups (broad SMARTS) is 1. The van der Waals surface area contributed by atoms with Crippen molar-refractivity contribution in [2.24, 2.45) is 17.4 Å². The number of aliphatic carboxylic acids is 1. The second kappa shape index (κ2) is 15.1. The van der Waals surface area contributed by atoms with Crippen molar-refractivity contribution in [1.29, 1.82) is 0 Å². The standard InChI is InChI=1S/C29H41N7O7/c1-16(2)12-22(29(42)43)35-27(40)21(13-17-14-32-20-7-4-3-6-18(17)20)34-28(41)23-8-5-11-36(23)25(38)15-33-26(39)19(30)9-10-24(31)37/h3-4,6-7,14,16,19,21-23,32H,5,8-13,15,30H2,1-2H3,(H2,31,37)(H,33,39)(H,34,41)(H,35,40)(H,42,43)/t19-,21-,22-,23-/m0/s1. The van der Waals surface area contributed by atoms with Gasteiger partial charge in [0.1, 0.15) is 18.1 Å². The van der Waals surface area contributed by atoms with Gasteiger partial charge in [0.15, 0.2) is 0 Å². The molecule has 1 fully saturated rings. The van der Waals surface area contributed by atoms with Crippen molar-refractivity contribution in [2.75, 3.05) is 13.1 Å². The molecule has 0 radical (unpaired) electrons. The number of carbonyl (C=O) groups is 6. The number of H-pyrrole nitrogens is 1. The van der Waals surface area contributed by atoms with Crippen molar-refractivity contribution < 1.29 is 33.9 Å². The first-order chi connectivity index (χ1) is 20.4. The fourth-order valence-electron chi connectivity index (χ4n) is 5.12. The second-order valence-corrected chi connectivity index (χ2v) is 11.2. The number of carbonyl (C=O) groups excluding carboxylic acids is 5. The molecule has 1 aromatic carbocycles. The summed E-state index contributed by atoms with van der Waals surface area (Å²) in [6.45, 7) is 3.56. The van der Waals surface area contributed by atoms with Crippen LogP contribution in [-0.2, 0) is 35.2 Å². The van der Waals surface area contributed by atoms with Gasteiger partial charge in [-0.05, 0) is 43.2 Å². The Balaban J connectivity index is 1.72. The number of carboxylic acids is 1. The molecule has 1 aliphatic heterocycles. The summed E-state index contributed by atoms with van der Waals surface area (Å²) in [5.74, 6) is -4.12. The summed E-state index contributed by atoms with van der Waals surface area (Å²) in [5.41, 5.74) is 12.4. The normalized spacial score (nSPS) is 16.8. The zero-order valence-corrected chi connectivity index (χ0v) is 24.4. The molecule has 234 valence electrons. The Hall–Kier alpha value is -4.46. The van der Waals surface area contributed by atoms with Crippen LogP contribution < -0.4 is 27.4 Å². The number of hydrogen-bond acceptors (Lipinski definition) is 7. The number of fused-ring (bicyclic) bond motifs is 1. The fourth-order valence-corrected chi connectivity index (χ4v) is 5.12. The molecule has 9 N–H and O–H groups in total. The number of aromatic amines is 1. The van der Waals surface area contributed by atoms with E-state index in [1.54, 1.807) is 6.20 Å². The SMILES string of the molecule is CC(C)C[C@H](NC(=O)[C@H](Cc1c[nH]c2ccccc12)NC(=O)[C@@H]1CCCN1C(=O)CNC(=O)[C@@H](N)CCC(N)=O)C(=O)O. The smallest absolute Gasteiger partial charge is 0.326 e.